The zero-order valence-corrected chi connectivity index (χ0v) is 22.3. The first-order valence-corrected chi connectivity index (χ1v) is 12.4. The number of hydrogen-bond acceptors (Lipinski definition) is 6. The van der Waals surface area contributed by atoms with Crippen LogP contribution >= 0.6 is 0 Å². The molecule has 1 N–H and O–H groups in total. The van der Waals surface area contributed by atoms with Crippen molar-refractivity contribution < 1.29 is 41.4 Å². The number of benzene rings is 2. The minimum absolute atomic E-state index is 0.00168. The van der Waals surface area contributed by atoms with Crippen LogP contribution in [0.5, 0.6) is 11.5 Å². The zero-order valence-electron chi connectivity index (χ0n) is 22.3. The molecule has 4 rings (SSSR count). The summed E-state index contributed by atoms with van der Waals surface area (Å²) in [6, 6.07) is 6.73. The minimum Gasteiger partial charge on any atom is -0.497 e. The number of methoxy groups -OCH3 is 2. The number of alkyl halides is 2. The monoisotopic (exact) mass is 577 g/mol. The molecule has 1 fully saturated rings. The smallest absolute Gasteiger partial charge is 0.387 e. The first kappa shape index (κ1) is 29.6. The molecule has 1 aromatic heterocycles. The molecule has 1 aliphatic heterocycles. The Morgan fingerprint density at radius 2 is 1.71 bits per heavy atom. The van der Waals surface area contributed by atoms with Gasteiger partial charge in [-0.25, -0.2) is 8.78 Å². The number of halogens is 4. The fourth-order valence-electron chi connectivity index (χ4n) is 4.75. The van der Waals surface area contributed by atoms with Crippen molar-refractivity contribution in [2.24, 2.45) is 0 Å². The number of pyridine rings is 1. The molecule has 2 atom stereocenters. The number of carbonyl (C=O) groups excluding carboxylic acids is 2. The van der Waals surface area contributed by atoms with Gasteiger partial charge >= 0.3 is 6.61 Å². The fraction of sp³-hybridized carbons (Fsp3) is 0.321. The maximum atomic E-state index is 15.2. The maximum absolute atomic E-state index is 15.2. The first-order valence-electron chi connectivity index (χ1n) is 12.4. The van der Waals surface area contributed by atoms with Gasteiger partial charge in [-0.3, -0.25) is 14.4 Å². The van der Waals surface area contributed by atoms with Crippen molar-refractivity contribution in [2.75, 3.05) is 32.3 Å². The van der Waals surface area contributed by atoms with Crippen LogP contribution in [0.2, 0.25) is 0 Å². The second-order valence-corrected chi connectivity index (χ2v) is 9.25. The first-order chi connectivity index (χ1) is 19.5. The average Bonchev–Trinajstić information content (AvgIpc) is 3.22. The van der Waals surface area contributed by atoms with Crippen molar-refractivity contribution in [2.45, 2.75) is 32.0 Å². The predicted octanol–water partition coefficient (Wildman–Crippen LogP) is 3.62. The van der Waals surface area contributed by atoms with Gasteiger partial charge in [0.25, 0.3) is 11.5 Å². The predicted molar refractivity (Wildman–Crippen MR) is 140 cm³/mol. The Balaban J connectivity index is 1.74. The highest BCUT2D eigenvalue weighted by Crippen LogP contribution is 2.36. The van der Waals surface area contributed by atoms with Gasteiger partial charge in [0.1, 0.15) is 34.9 Å². The molecule has 9 nitrogen and oxygen atoms in total. The van der Waals surface area contributed by atoms with Crippen molar-refractivity contribution in [3.63, 3.8) is 0 Å². The third-order valence-electron chi connectivity index (χ3n) is 6.75. The molecule has 2 heterocycles. The number of nitrogens with one attached hydrogen (secondary N) is 1. The Morgan fingerprint density at radius 1 is 1.05 bits per heavy atom. The molecule has 218 valence electrons. The molecule has 0 saturated carbocycles. The summed E-state index contributed by atoms with van der Waals surface area (Å²) in [5.74, 6) is -5.10. The summed E-state index contributed by atoms with van der Waals surface area (Å²) < 4.78 is 71.0. The molecule has 0 aliphatic carbocycles. The summed E-state index contributed by atoms with van der Waals surface area (Å²) in [7, 11) is 2.71. The van der Waals surface area contributed by atoms with Gasteiger partial charge in [-0.05, 0) is 42.8 Å². The average molecular weight is 578 g/mol. The highest BCUT2D eigenvalue weighted by molar-refractivity contribution is 6.05. The lowest BCUT2D eigenvalue weighted by Gasteiger charge is -2.20. The summed E-state index contributed by atoms with van der Waals surface area (Å²) in [6.07, 6.45) is 1.54. The van der Waals surface area contributed by atoms with E-state index in [-0.39, 0.29) is 42.4 Å². The molecular weight excluding hydrogens is 550 g/mol. The molecule has 1 aliphatic rings. The van der Waals surface area contributed by atoms with Gasteiger partial charge in [0, 0.05) is 55.6 Å². The van der Waals surface area contributed by atoms with E-state index in [1.54, 1.807) is 19.2 Å². The lowest BCUT2D eigenvalue weighted by atomic mass is 9.92. The highest BCUT2D eigenvalue weighted by atomic mass is 19.3. The number of aromatic nitrogens is 1. The quantitative estimate of drug-likeness (QED) is 0.370. The highest BCUT2D eigenvalue weighted by Gasteiger charge is 2.46. The topological polar surface area (TPSA) is 99.1 Å². The molecule has 41 heavy (non-hydrogen) atoms. The van der Waals surface area contributed by atoms with Gasteiger partial charge in [-0.2, -0.15) is 8.78 Å². The van der Waals surface area contributed by atoms with Crippen molar-refractivity contribution in [1.29, 1.82) is 0 Å². The zero-order chi connectivity index (χ0) is 29.8. The van der Waals surface area contributed by atoms with E-state index in [0.717, 1.165) is 29.2 Å². The molecule has 2 aromatic carbocycles. The number of carbonyl (C=O) groups is 2. The largest absolute Gasteiger partial charge is 0.497 e. The maximum Gasteiger partial charge on any atom is 0.387 e. The lowest BCUT2D eigenvalue weighted by molar-refractivity contribution is -0.118. The van der Waals surface area contributed by atoms with Crippen LogP contribution in [0.3, 0.4) is 0 Å². The van der Waals surface area contributed by atoms with Crippen LogP contribution in [0.1, 0.15) is 27.4 Å². The minimum atomic E-state index is -3.06. The van der Waals surface area contributed by atoms with Crippen LogP contribution in [0, 0.1) is 18.6 Å². The summed E-state index contributed by atoms with van der Waals surface area (Å²) in [5.41, 5.74) is -0.580. The third kappa shape index (κ3) is 6.19. The van der Waals surface area contributed by atoms with E-state index in [9.17, 15) is 23.2 Å². The van der Waals surface area contributed by atoms with Gasteiger partial charge in [0.2, 0.25) is 5.91 Å². The molecule has 1 saturated heterocycles. The van der Waals surface area contributed by atoms with Crippen molar-refractivity contribution in [3.05, 3.63) is 87.3 Å². The Hall–Kier alpha value is -4.39. The molecule has 13 heteroatoms. The van der Waals surface area contributed by atoms with E-state index in [1.165, 1.54) is 30.9 Å². The molecule has 0 bridgehead atoms. The number of anilines is 1. The van der Waals surface area contributed by atoms with E-state index in [4.69, 9.17) is 9.47 Å². The van der Waals surface area contributed by atoms with Crippen molar-refractivity contribution >= 4 is 17.5 Å². The lowest BCUT2D eigenvalue weighted by Crippen LogP contribution is -2.45. The third-order valence-corrected chi connectivity index (χ3v) is 6.75. The van der Waals surface area contributed by atoms with Gasteiger partial charge in [-0.1, -0.05) is 0 Å². The summed E-state index contributed by atoms with van der Waals surface area (Å²) in [5, 5.41) is 2.51. The molecule has 3 aromatic rings. The number of ether oxygens (including phenoxy) is 3. The van der Waals surface area contributed by atoms with Crippen LogP contribution in [-0.4, -0.2) is 56.4 Å². The fourth-order valence-corrected chi connectivity index (χ4v) is 4.75. The van der Waals surface area contributed by atoms with Gasteiger partial charge < -0.3 is 29.0 Å². The van der Waals surface area contributed by atoms with E-state index >= 15 is 8.78 Å². The van der Waals surface area contributed by atoms with E-state index in [0.29, 0.717) is 5.56 Å². The molecular formula is C28H27F4N3O6. The van der Waals surface area contributed by atoms with E-state index < -0.39 is 53.1 Å². The number of hydrogen-bond donors (Lipinski definition) is 1. The number of nitrogens with zero attached hydrogens (tertiary/aromatic N) is 2. The summed E-state index contributed by atoms with van der Waals surface area (Å²) >= 11 is 0. The second-order valence-electron chi connectivity index (χ2n) is 9.25. The Kier molecular flexibility index (Phi) is 8.96. The SMILES string of the molecule is COCCn1ccc(C)c(N2C[C@@H](c3c(F)cc(OC)cc3F)[C@H](NC(=O)c3ccc(OC(F)F)cc3)C2=O)c1=O. The number of rotatable bonds is 10. The Bertz CT molecular complexity index is 1470. The molecule has 0 unspecified atom stereocenters. The summed E-state index contributed by atoms with van der Waals surface area (Å²) in [6.45, 7) is -1.35. The van der Waals surface area contributed by atoms with Crippen LogP contribution in [0.15, 0.2) is 53.5 Å². The van der Waals surface area contributed by atoms with E-state index in [1.807, 2.05) is 0 Å². The number of aryl methyl sites for hydroxylation is 1. The van der Waals surface area contributed by atoms with Crippen LogP contribution in [0.4, 0.5) is 23.2 Å². The molecule has 2 amide bonds. The number of amides is 2. The van der Waals surface area contributed by atoms with Crippen molar-refractivity contribution in [3.8, 4) is 11.5 Å². The van der Waals surface area contributed by atoms with Gasteiger partial charge in [0.15, 0.2) is 0 Å². The van der Waals surface area contributed by atoms with Crippen LogP contribution < -0.4 is 25.2 Å². The Morgan fingerprint density at radius 3 is 2.29 bits per heavy atom. The van der Waals surface area contributed by atoms with Gasteiger partial charge in [0.05, 0.1) is 13.7 Å². The normalized spacial score (nSPS) is 16.8. The van der Waals surface area contributed by atoms with E-state index in [2.05, 4.69) is 10.1 Å². The van der Waals surface area contributed by atoms with Crippen LogP contribution in [-0.2, 0) is 16.1 Å². The molecule has 0 spiro atoms. The van der Waals surface area contributed by atoms with Gasteiger partial charge in [-0.15, -0.1) is 0 Å². The van der Waals surface area contributed by atoms with Crippen molar-refractivity contribution in [1.82, 2.24) is 9.88 Å². The standard InChI is InChI=1S/C28H27F4N3O6/c1-15-8-9-34(10-11-39-2)27(38)24(15)35-14-19(22-20(29)12-18(40-3)13-21(22)30)23(26(35)37)33-25(36)16-4-6-17(7-5-16)41-28(31)32/h4-9,12-13,19,23,28H,10-11,14H2,1-3H3,(H,33,36)/t19-,23-/m0/s1. The summed E-state index contributed by atoms with van der Waals surface area (Å²) in [4.78, 5) is 41.3. The Labute approximate surface area is 232 Å². The second kappa shape index (κ2) is 12.4. The molecule has 0 radical (unpaired) electrons. The van der Waals surface area contributed by atoms with Crippen LogP contribution in [0.25, 0.3) is 0 Å².